The standard InChI is InChI=1S/C13H11Cl2N3OS/c14-9-1-8-10(18-11(3-16)13(8)15)2-12(9)19-4-7-5-20-6-17-7/h1-2,5-6,18H,3-4,16H2/p+1. The van der Waals surface area contributed by atoms with Crippen LogP contribution in [-0.2, 0) is 13.2 Å². The van der Waals surface area contributed by atoms with E-state index in [1.165, 1.54) is 11.3 Å². The smallest absolute Gasteiger partial charge is 0.140 e. The van der Waals surface area contributed by atoms with Crippen molar-refractivity contribution in [2.75, 3.05) is 0 Å². The summed E-state index contributed by atoms with van der Waals surface area (Å²) < 4.78 is 5.71. The van der Waals surface area contributed by atoms with Gasteiger partial charge in [-0.15, -0.1) is 11.3 Å². The first-order valence-corrected chi connectivity index (χ1v) is 7.67. The number of nitrogens with one attached hydrogen (secondary N) is 1. The Kier molecular flexibility index (Phi) is 3.85. The molecule has 0 aliphatic rings. The summed E-state index contributed by atoms with van der Waals surface area (Å²) in [6.45, 7) is 0.992. The van der Waals surface area contributed by atoms with E-state index in [1.807, 2.05) is 17.5 Å². The molecule has 2 heterocycles. The molecule has 0 saturated heterocycles. The molecule has 0 aliphatic carbocycles. The Morgan fingerprint density at radius 3 is 2.90 bits per heavy atom. The molecule has 20 heavy (non-hydrogen) atoms. The Morgan fingerprint density at radius 2 is 2.20 bits per heavy atom. The van der Waals surface area contributed by atoms with Gasteiger partial charge in [0.15, 0.2) is 0 Å². The number of aromatic nitrogens is 2. The second-order valence-electron chi connectivity index (χ2n) is 4.26. The van der Waals surface area contributed by atoms with E-state index >= 15 is 0 Å². The number of quaternary nitrogens is 1. The van der Waals surface area contributed by atoms with E-state index in [9.17, 15) is 0 Å². The monoisotopic (exact) mass is 328 g/mol. The van der Waals surface area contributed by atoms with Gasteiger partial charge < -0.3 is 15.5 Å². The highest BCUT2D eigenvalue weighted by atomic mass is 35.5. The van der Waals surface area contributed by atoms with Gasteiger partial charge in [-0.25, -0.2) is 4.98 Å². The Hall–Kier alpha value is -1.27. The molecule has 4 nitrogen and oxygen atoms in total. The normalized spacial score (nSPS) is 11.2. The van der Waals surface area contributed by atoms with Crippen LogP contribution in [0.4, 0.5) is 0 Å². The summed E-state index contributed by atoms with van der Waals surface area (Å²) in [5.41, 5.74) is 8.29. The molecule has 2 aromatic heterocycles. The highest BCUT2D eigenvalue weighted by Crippen LogP contribution is 2.35. The molecule has 0 aliphatic heterocycles. The lowest BCUT2D eigenvalue weighted by atomic mass is 10.2. The maximum atomic E-state index is 6.26. The van der Waals surface area contributed by atoms with Gasteiger partial charge >= 0.3 is 0 Å². The lowest BCUT2D eigenvalue weighted by Crippen LogP contribution is -2.47. The number of rotatable bonds is 4. The van der Waals surface area contributed by atoms with Gasteiger partial charge in [-0.05, 0) is 6.07 Å². The van der Waals surface area contributed by atoms with Crippen molar-refractivity contribution in [1.82, 2.24) is 9.97 Å². The lowest BCUT2D eigenvalue weighted by molar-refractivity contribution is -0.387. The van der Waals surface area contributed by atoms with Gasteiger partial charge in [-0.3, -0.25) is 0 Å². The Balaban J connectivity index is 1.93. The van der Waals surface area contributed by atoms with E-state index < -0.39 is 0 Å². The molecule has 0 amide bonds. The third-order valence-corrected chi connectivity index (χ3v) is 4.33. The summed E-state index contributed by atoms with van der Waals surface area (Å²) in [7, 11) is 0. The van der Waals surface area contributed by atoms with Gasteiger partial charge in [0, 0.05) is 16.8 Å². The SMILES string of the molecule is [NH3+]Cc1[nH]c2cc(OCc3cscn3)c(Cl)cc2c1Cl. The lowest BCUT2D eigenvalue weighted by Gasteiger charge is -2.06. The molecule has 0 spiro atoms. The number of benzene rings is 1. The summed E-state index contributed by atoms with van der Waals surface area (Å²) in [6.07, 6.45) is 0. The Morgan fingerprint density at radius 1 is 1.35 bits per heavy atom. The molecule has 0 unspecified atom stereocenters. The van der Waals surface area contributed by atoms with Crippen molar-refractivity contribution in [3.05, 3.63) is 44.5 Å². The van der Waals surface area contributed by atoms with Crippen LogP contribution in [0.2, 0.25) is 10.0 Å². The topological polar surface area (TPSA) is 65.5 Å². The molecule has 3 aromatic rings. The minimum atomic E-state index is 0.394. The highest BCUT2D eigenvalue weighted by Gasteiger charge is 2.13. The van der Waals surface area contributed by atoms with Crippen LogP contribution in [-0.4, -0.2) is 9.97 Å². The number of ether oxygens (including phenoxy) is 1. The van der Waals surface area contributed by atoms with Crippen LogP contribution in [0, 0.1) is 0 Å². The third kappa shape index (κ3) is 2.50. The van der Waals surface area contributed by atoms with E-state index in [-0.39, 0.29) is 0 Å². The van der Waals surface area contributed by atoms with Crippen LogP contribution in [0.3, 0.4) is 0 Å². The van der Waals surface area contributed by atoms with Crippen molar-refractivity contribution in [2.24, 2.45) is 0 Å². The van der Waals surface area contributed by atoms with Crippen LogP contribution in [0.1, 0.15) is 11.4 Å². The number of aromatic amines is 1. The Bertz CT molecular complexity index is 740. The van der Waals surface area contributed by atoms with Crippen molar-refractivity contribution in [3.8, 4) is 5.75 Å². The van der Waals surface area contributed by atoms with Gasteiger partial charge in [0.1, 0.15) is 18.9 Å². The van der Waals surface area contributed by atoms with Crippen molar-refractivity contribution in [3.63, 3.8) is 0 Å². The first-order chi connectivity index (χ1) is 9.69. The number of hydrogen-bond donors (Lipinski definition) is 2. The molecule has 104 valence electrons. The largest absolute Gasteiger partial charge is 0.486 e. The Labute approximate surface area is 129 Å². The first kappa shape index (κ1) is 13.7. The molecule has 4 N–H and O–H groups in total. The molecule has 0 atom stereocenters. The summed E-state index contributed by atoms with van der Waals surface area (Å²) in [4.78, 5) is 7.40. The van der Waals surface area contributed by atoms with Crippen molar-refractivity contribution < 1.29 is 10.5 Å². The zero-order valence-corrected chi connectivity index (χ0v) is 12.8. The van der Waals surface area contributed by atoms with E-state index in [0.717, 1.165) is 22.3 Å². The maximum absolute atomic E-state index is 6.26. The minimum Gasteiger partial charge on any atom is -0.486 e. The van der Waals surface area contributed by atoms with Crippen molar-refractivity contribution >= 4 is 45.4 Å². The number of nitrogens with zero attached hydrogens (tertiary/aromatic N) is 1. The van der Waals surface area contributed by atoms with Crippen molar-refractivity contribution in [2.45, 2.75) is 13.2 Å². The first-order valence-electron chi connectivity index (χ1n) is 5.97. The van der Waals surface area contributed by atoms with E-state index in [2.05, 4.69) is 15.7 Å². The molecular formula is C13H12Cl2N3OS+. The van der Waals surface area contributed by atoms with Crippen LogP contribution in [0.5, 0.6) is 5.75 Å². The quantitative estimate of drug-likeness (QED) is 0.772. The summed E-state index contributed by atoms with van der Waals surface area (Å²) in [5, 5.41) is 4.03. The van der Waals surface area contributed by atoms with Crippen molar-refractivity contribution in [1.29, 1.82) is 0 Å². The van der Waals surface area contributed by atoms with Crippen LogP contribution >= 0.6 is 34.5 Å². The summed E-state index contributed by atoms with van der Waals surface area (Å²) in [6, 6.07) is 3.67. The fraction of sp³-hybridized carbons (Fsp3) is 0.154. The molecule has 0 radical (unpaired) electrons. The van der Waals surface area contributed by atoms with Gasteiger partial charge in [-0.2, -0.15) is 0 Å². The number of halogens is 2. The average Bonchev–Trinajstić information content (AvgIpc) is 3.05. The second kappa shape index (κ2) is 5.61. The molecule has 7 heteroatoms. The molecular weight excluding hydrogens is 317 g/mol. The highest BCUT2D eigenvalue weighted by molar-refractivity contribution is 7.07. The fourth-order valence-electron chi connectivity index (χ4n) is 1.96. The van der Waals surface area contributed by atoms with E-state index in [0.29, 0.717) is 28.9 Å². The number of H-pyrrole nitrogens is 1. The minimum absolute atomic E-state index is 0.394. The zero-order valence-electron chi connectivity index (χ0n) is 10.5. The fourth-order valence-corrected chi connectivity index (χ4v) is 3.02. The molecule has 0 saturated carbocycles. The molecule has 3 rings (SSSR count). The van der Waals surface area contributed by atoms with Crippen LogP contribution in [0.25, 0.3) is 10.9 Å². The summed E-state index contributed by atoms with van der Waals surface area (Å²) in [5.74, 6) is 0.612. The number of thiazole rings is 1. The predicted octanol–water partition coefficient (Wildman–Crippen LogP) is 3.25. The number of fused-ring (bicyclic) bond motifs is 1. The van der Waals surface area contributed by atoms with Crippen LogP contribution in [0.15, 0.2) is 23.0 Å². The number of hydrogen-bond acceptors (Lipinski definition) is 3. The zero-order chi connectivity index (χ0) is 14.1. The van der Waals surface area contributed by atoms with Gasteiger partial charge in [0.25, 0.3) is 0 Å². The summed E-state index contributed by atoms with van der Waals surface area (Å²) >= 11 is 14.0. The molecule has 0 fully saturated rings. The van der Waals surface area contributed by atoms with E-state index in [1.54, 1.807) is 5.51 Å². The molecule has 0 bridgehead atoms. The van der Waals surface area contributed by atoms with Gasteiger partial charge in [-0.1, -0.05) is 23.2 Å². The second-order valence-corrected chi connectivity index (χ2v) is 5.77. The molecule has 1 aromatic carbocycles. The maximum Gasteiger partial charge on any atom is 0.140 e. The average molecular weight is 329 g/mol. The van der Waals surface area contributed by atoms with E-state index in [4.69, 9.17) is 27.9 Å². The predicted molar refractivity (Wildman–Crippen MR) is 81.4 cm³/mol. The third-order valence-electron chi connectivity index (χ3n) is 2.97. The van der Waals surface area contributed by atoms with Gasteiger partial charge in [0.05, 0.1) is 32.5 Å². The van der Waals surface area contributed by atoms with Gasteiger partial charge in [0.2, 0.25) is 0 Å². The van der Waals surface area contributed by atoms with Crippen LogP contribution < -0.4 is 10.5 Å².